The average molecular weight is 496 g/mol. The maximum absolute atomic E-state index is 12.5. The summed E-state index contributed by atoms with van der Waals surface area (Å²) >= 11 is 6.12. The van der Waals surface area contributed by atoms with Crippen molar-refractivity contribution in [2.75, 3.05) is 19.0 Å². The molecule has 0 saturated carbocycles. The van der Waals surface area contributed by atoms with Gasteiger partial charge in [0.05, 0.1) is 23.4 Å². The van der Waals surface area contributed by atoms with Crippen molar-refractivity contribution in [1.82, 2.24) is 0 Å². The molecule has 3 rings (SSSR count). The minimum atomic E-state index is -0.824. The first-order valence-corrected chi connectivity index (χ1v) is 10.8. The summed E-state index contributed by atoms with van der Waals surface area (Å²) in [5, 5.41) is 2.63. The lowest BCUT2D eigenvalue weighted by molar-refractivity contribution is -0.114. The van der Waals surface area contributed by atoms with Crippen LogP contribution in [0.3, 0.4) is 0 Å². The third-order valence-corrected chi connectivity index (χ3v) is 5.14. The number of Topliss-reactive ketones (excluding diaryl/α,β-unsaturated/α-hetero) is 1. The largest absolute Gasteiger partial charge is 0.496 e. The quantitative estimate of drug-likeness (QED) is 0.269. The summed E-state index contributed by atoms with van der Waals surface area (Å²) < 4.78 is 15.6. The van der Waals surface area contributed by atoms with E-state index in [1.54, 1.807) is 24.3 Å². The van der Waals surface area contributed by atoms with Gasteiger partial charge in [-0.3, -0.25) is 9.59 Å². The molecule has 0 saturated heterocycles. The second kappa shape index (κ2) is 11.3. The van der Waals surface area contributed by atoms with Crippen molar-refractivity contribution in [2.45, 2.75) is 13.8 Å². The molecule has 1 amide bonds. The number of esters is 2. The van der Waals surface area contributed by atoms with Gasteiger partial charge in [0.1, 0.15) is 17.1 Å². The van der Waals surface area contributed by atoms with E-state index >= 15 is 0 Å². The zero-order valence-electron chi connectivity index (χ0n) is 19.2. The van der Waals surface area contributed by atoms with Gasteiger partial charge in [0.15, 0.2) is 12.4 Å². The second-order valence-electron chi connectivity index (χ2n) is 7.49. The molecule has 9 heteroatoms. The molecule has 35 heavy (non-hydrogen) atoms. The lowest BCUT2D eigenvalue weighted by Crippen LogP contribution is -2.15. The topological polar surface area (TPSA) is 108 Å². The van der Waals surface area contributed by atoms with E-state index in [1.807, 2.05) is 6.92 Å². The number of ketones is 1. The van der Waals surface area contributed by atoms with Crippen LogP contribution in [0.2, 0.25) is 5.02 Å². The van der Waals surface area contributed by atoms with Crippen LogP contribution >= 0.6 is 11.6 Å². The molecule has 0 atom stereocenters. The van der Waals surface area contributed by atoms with E-state index in [1.165, 1.54) is 50.4 Å². The molecule has 0 aliphatic rings. The Morgan fingerprint density at radius 3 is 2.11 bits per heavy atom. The Morgan fingerprint density at radius 2 is 1.51 bits per heavy atom. The van der Waals surface area contributed by atoms with E-state index < -0.39 is 24.3 Å². The van der Waals surface area contributed by atoms with E-state index in [-0.39, 0.29) is 39.2 Å². The van der Waals surface area contributed by atoms with Gasteiger partial charge in [-0.15, -0.1) is 0 Å². The molecule has 1 N–H and O–H groups in total. The van der Waals surface area contributed by atoms with Crippen molar-refractivity contribution in [3.63, 3.8) is 0 Å². The first-order valence-electron chi connectivity index (χ1n) is 10.4. The highest BCUT2D eigenvalue weighted by Gasteiger charge is 2.19. The number of amides is 1. The summed E-state index contributed by atoms with van der Waals surface area (Å²) in [7, 11) is 1.34. The van der Waals surface area contributed by atoms with E-state index in [0.29, 0.717) is 5.56 Å². The number of carbonyl (C=O) groups is 4. The minimum absolute atomic E-state index is 0.00207. The van der Waals surface area contributed by atoms with Crippen LogP contribution in [0, 0.1) is 6.92 Å². The minimum Gasteiger partial charge on any atom is -0.496 e. The maximum Gasteiger partial charge on any atom is 0.343 e. The number of methoxy groups -OCH3 is 1. The molecule has 0 heterocycles. The summed E-state index contributed by atoms with van der Waals surface area (Å²) in [4.78, 5) is 48.5. The van der Waals surface area contributed by atoms with Gasteiger partial charge < -0.3 is 19.5 Å². The first kappa shape index (κ1) is 25.5. The Kier molecular flexibility index (Phi) is 8.22. The molecule has 8 nitrogen and oxygen atoms in total. The maximum atomic E-state index is 12.5. The van der Waals surface area contributed by atoms with Gasteiger partial charge in [-0.25, -0.2) is 9.59 Å². The Labute approximate surface area is 206 Å². The normalized spacial score (nSPS) is 10.3. The van der Waals surface area contributed by atoms with Crippen LogP contribution in [0.4, 0.5) is 5.69 Å². The average Bonchev–Trinajstić information content (AvgIpc) is 2.83. The summed E-state index contributed by atoms with van der Waals surface area (Å²) in [6.07, 6.45) is 0. The van der Waals surface area contributed by atoms with Crippen molar-refractivity contribution in [1.29, 1.82) is 0 Å². The molecule has 0 bridgehead atoms. The number of aryl methyl sites for hydroxylation is 1. The van der Waals surface area contributed by atoms with E-state index in [0.717, 1.165) is 5.56 Å². The van der Waals surface area contributed by atoms with Crippen LogP contribution in [0.25, 0.3) is 0 Å². The number of hydrogen-bond acceptors (Lipinski definition) is 7. The smallest absolute Gasteiger partial charge is 0.343 e. The lowest BCUT2D eigenvalue weighted by Gasteiger charge is -2.12. The molecular weight excluding hydrogens is 474 g/mol. The highest BCUT2D eigenvalue weighted by molar-refractivity contribution is 6.34. The zero-order chi connectivity index (χ0) is 25.5. The number of rotatable bonds is 8. The Hall–Kier alpha value is -4.17. The molecule has 180 valence electrons. The van der Waals surface area contributed by atoms with Crippen molar-refractivity contribution < 1.29 is 33.4 Å². The van der Waals surface area contributed by atoms with Crippen LogP contribution in [0.5, 0.6) is 11.5 Å². The predicted octanol–water partition coefficient (Wildman–Crippen LogP) is 4.87. The van der Waals surface area contributed by atoms with Crippen molar-refractivity contribution in [3.8, 4) is 11.5 Å². The number of anilines is 1. The fourth-order valence-corrected chi connectivity index (χ4v) is 3.23. The molecule has 0 unspecified atom stereocenters. The Morgan fingerprint density at radius 1 is 0.886 bits per heavy atom. The molecule has 3 aromatic carbocycles. The van der Waals surface area contributed by atoms with E-state index in [4.69, 9.17) is 25.8 Å². The standard InChI is InChI=1S/C26H22ClNO7/c1-15-4-6-18(7-5-15)25(31)35-19-10-8-17(9-11-19)23(30)14-34-26(32)20-12-21(27)22(28-16(2)29)13-24(20)33-3/h4-13H,14H2,1-3H3,(H,28,29). The van der Waals surface area contributed by atoms with Crippen LogP contribution in [-0.4, -0.2) is 37.3 Å². The van der Waals surface area contributed by atoms with Crippen LogP contribution in [0.15, 0.2) is 60.7 Å². The SMILES string of the molecule is COc1cc(NC(C)=O)c(Cl)cc1C(=O)OCC(=O)c1ccc(OC(=O)c2ccc(C)cc2)cc1. The number of ether oxygens (including phenoxy) is 3. The zero-order valence-corrected chi connectivity index (χ0v) is 20.0. The molecule has 0 aliphatic heterocycles. The van der Waals surface area contributed by atoms with Gasteiger partial charge in [0.25, 0.3) is 0 Å². The molecule has 0 fully saturated rings. The summed E-state index contributed by atoms with van der Waals surface area (Å²) in [6, 6.07) is 15.5. The fourth-order valence-electron chi connectivity index (χ4n) is 3.02. The highest BCUT2D eigenvalue weighted by Crippen LogP contribution is 2.31. The van der Waals surface area contributed by atoms with Gasteiger partial charge >= 0.3 is 11.9 Å². The van der Waals surface area contributed by atoms with Gasteiger partial charge in [0.2, 0.25) is 5.91 Å². The second-order valence-corrected chi connectivity index (χ2v) is 7.90. The van der Waals surface area contributed by atoms with E-state index in [9.17, 15) is 19.2 Å². The predicted molar refractivity (Wildman–Crippen MR) is 130 cm³/mol. The molecule has 3 aromatic rings. The number of halogens is 1. The molecule has 0 radical (unpaired) electrons. The third-order valence-electron chi connectivity index (χ3n) is 4.83. The van der Waals surface area contributed by atoms with Crippen LogP contribution in [-0.2, 0) is 9.53 Å². The first-order chi connectivity index (χ1) is 16.7. The molecule has 0 aromatic heterocycles. The lowest BCUT2D eigenvalue weighted by atomic mass is 10.1. The Balaban J connectivity index is 1.61. The summed E-state index contributed by atoms with van der Waals surface area (Å²) in [5.74, 6) is -1.76. The van der Waals surface area contributed by atoms with Crippen LogP contribution in [0.1, 0.15) is 43.6 Å². The molecular formula is C26H22ClNO7. The number of nitrogens with one attached hydrogen (secondary N) is 1. The van der Waals surface area contributed by atoms with Gasteiger partial charge in [-0.2, -0.15) is 0 Å². The molecule has 0 spiro atoms. The van der Waals surface area contributed by atoms with Crippen molar-refractivity contribution in [2.24, 2.45) is 0 Å². The summed E-state index contributed by atoms with van der Waals surface area (Å²) in [5.41, 5.74) is 1.96. The monoisotopic (exact) mass is 495 g/mol. The van der Waals surface area contributed by atoms with Crippen LogP contribution < -0.4 is 14.8 Å². The van der Waals surface area contributed by atoms with Gasteiger partial charge in [-0.05, 0) is 49.4 Å². The van der Waals surface area contributed by atoms with Crippen molar-refractivity contribution >= 4 is 40.9 Å². The van der Waals surface area contributed by atoms with Crippen molar-refractivity contribution in [3.05, 3.63) is 87.9 Å². The van der Waals surface area contributed by atoms with Gasteiger partial charge in [-0.1, -0.05) is 29.3 Å². The Bertz CT molecular complexity index is 1270. The fraction of sp³-hybridized carbons (Fsp3) is 0.154. The third kappa shape index (κ3) is 6.68. The summed E-state index contributed by atoms with van der Waals surface area (Å²) in [6.45, 7) is 2.70. The number of hydrogen-bond donors (Lipinski definition) is 1. The molecule has 0 aliphatic carbocycles. The van der Waals surface area contributed by atoms with E-state index in [2.05, 4.69) is 5.32 Å². The van der Waals surface area contributed by atoms with Gasteiger partial charge in [0, 0.05) is 18.6 Å². The number of benzene rings is 3. The highest BCUT2D eigenvalue weighted by atomic mass is 35.5. The number of carbonyl (C=O) groups excluding carboxylic acids is 4.